The molecule has 0 radical (unpaired) electrons. The minimum Gasteiger partial charge on any atom is -0.343 e. The summed E-state index contributed by atoms with van der Waals surface area (Å²) in [6.07, 6.45) is 3.36. The number of hydrogen-bond acceptors (Lipinski definition) is 1. The van der Waals surface area contributed by atoms with Crippen LogP contribution in [0.5, 0.6) is 0 Å². The highest BCUT2D eigenvalue weighted by Gasteiger charge is 2.27. The molecule has 0 aromatic rings. The van der Waals surface area contributed by atoms with Crippen molar-refractivity contribution in [2.45, 2.75) is 40.0 Å². The van der Waals surface area contributed by atoms with Gasteiger partial charge < -0.3 is 4.90 Å². The van der Waals surface area contributed by atoms with E-state index in [9.17, 15) is 4.79 Å². The van der Waals surface area contributed by atoms with E-state index >= 15 is 0 Å². The molecule has 0 saturated carbocycles. The fourth-order valence-electron chi connectivity index (χ4n) is 2.12. The average Bonchev–Trinajstić information content (AvgIpc) is 2.08. The average molecular weight is 183 g/mol. The number of piperidine rings is 1. The topological polar surface area (TPSA) is 20.3 Å². The van der Waals surface area contributed by atoms with E-state index in [-0.39, 0.29) is 0 Å². The van der Waals surface area contributed by atoms with E-state index in [0.717, 1.165) is 25.9 Å². The van der Waals surface area contributed by atoms with Crippen molar-refractivity contribution >= 4 is 5.91 Å². The fourth-order valence-corrected chi connectivity index (χ4v) is 2.12. The van der Waals surface area contributed by atoms with Crippen molar-refractivity contribution in [1.82, 2.24) is 4.90 Å². The summed E-state index contributed by atoms with van der Waals surface area (Å²) in [7, 11) is 0. The normalized spacial score (nSPS) is 24.2. The summed E-state index contributed by atoms with van der Waals surface area (Å²) in [5.41, 5.74) is 0. The van der Waals surface area contributed by atoms with Crippen LogP contribution in [-0.4, -0.2) is 23.9 Å². The molecule has 0 aliphatic carbocycles. The van der Waals surface area contributed by atoms with E-state index in [2.05, 4.69) is 20.8 Å². The Labute approximate surface area is 81.3 Å². The third kappa shape index (κ3) is 2.71. The van der Waals surface area contributed by atoms with E-state index in [0.29, 0.717) is 17.7 Å². The molecule has 0 aromatic heterocycles. The Morgan fingerprint density at radius 2 is 2.23 bits per heavy atom. The highest BCUT2D eigenvalue weighted by molar-refractivity contribution is 5.79. The Balaban J connectivity index is 2.50. The molecular weight excluding hydrogens is 162 g/mol. The zero-order valence-corrected chi connectivity index (χ0v) is 9.05. The van der Waals surface area contributed by atoms with Crippen molar-refractivity contribution in [2.24, 2.45) is 11.8 Å². The van der Waals surface area contributed by atoms with Gasteiger partial charge in [-0.2, -0.15) is 0 Å². The zero-order valence-electron chi connectivity index (χ0n) is 9.05. The molecule has 1 rings (SSSR count). The van der Waals surface area contributed by atoms with Crippen LogP contribution in [0, 0.1) is 11.8 Å². The first-order valence-electron chi connectivity index (χ1n) is 5.44. The van der Waals surface area contributed by atoms with Crippen molar-refractivity contribution in [1.29, 1.82) is 0 Å². The lowest BCUT2D eigenvalue weighted by molar-refractivity contribution is -0.138. The fraction of sp³-hybridized carbons (Fsp3) is 0.909. The lowest BCUT2D eigenvalue weighted by Gasteiger charge is -2.32. The molecule has 2 heteroatoms. The van der Waals surface area contributed by atoms with Gasteiger partial charge in [0.15, 0.2) is 0 Å². The molecule has 1 unspecified atom stereocenters. The van der Waals surface area contributed by atoms with Gasteiger partial charge in [-0.3, -0.25) is 4.79 Å². The molecule has 2 nitrogen and oxygen atoms in total. The minimum absolute atomic E-state index is 0.314. The highest BCUT2D eigenvalue weighted by atomic mass is 16.2. The molecule has 13 heavy (non-hydrogen) atoms. The second kappa shape index (κ2) is 4.64. The molecule has 0 aromatic carbocycles. The van der Waals surface area contributed by atoms with Gasteiger partial charge in [0.1, 0.15) is 0 Å². The van der Waals surface area contributed by atoms with Crippen LogP contribution in [0.1, 0.15) is 40.0 Å². The first-order chi connectivity index (χ1) is 6.15. The Kier molecular flexibility index (Phi) is 3.76. The maximum atomic E-state index is 11.8. The number of nitrogens with zero attached hydrogens (tertiary/aromatic N) is 1. The molecular formula is C11H21NO. The number of amides is 1. The lowest BCUT2D eigenvalue weighted by Crippen LogP contribution is -2.41. The molecule has 76 valence electrons. The Hall–Kier alpha value is -0.530. The smallest absolute Gasteiger partial charge is 0.225 e. The van der Waals surface area contributed by atoms with Crippen LogP contribution in [0.25, 0.3) is 0 Å². The molecule has 0 bridgehead atoms. The van der Waals surface area contributed by atoms with Gasteiger partial charge in [-0.1, -0.05) is 13.8 Å². The van der Waals surface area contributed by atoms with Gasteiger partial charge in [-0.15, -0.1) is 0 Å². The summed E-state index contributed by atoms with van der Waals surface area (Å²) in [6.45, 7) is 8.31. The van der Waals surface area contributed by atoms with Gasteiger partial charge in [0.25, 0.3) is 0 Å². The standard InChI is InChI=1S/C11H21NO/c1-4-12-7-5-6-10(11(12)13)8-9(2)3/h9-10H,4-8H2,1-3H3. The largest absolute Gasteiger partial charge is 0.343 e. The van der Waals surface area contributed by atoms with E-state index < -0.39 is 0 Å². The quantitative estimate of drug-likeness (QED) is 0.657. The van der Waals surface area contributed by atoms with E-state index in [1.165, 1.54) is 6.42 Å². The van der Waals surface area contributed by atoms with Gasteiger partial charge in [-0.25, -0.2) is 0 Å². The monoisotopic (exact) mass is 183 g/mol. The number of carbonyl (C=O) groups is 1. The third-order valence-corrected chi connectivity index (χ3v) is 2.78. The Bertz CT molecular complexity index is 177. The Morgan fingerprint density at radius 1 is 1.54 bits per heavy atom. The Morgan fingerprint density at radius 3 is 2.77 bits per heavy atom. The van der Waals surface area contributed by atoms with Crippen molar-refractivity contribution in [2.75, 3.05) is 13.1 Å². The zero-order chi connectivity index (χ0) is 9.84. The summed E-state index contributed by atoms with van der Waals surface area (Å²) in [5.74, 6) is 1.35. The van der Waals surface area contributed by atoms with Gasteiger partial charge in [-0.05, 0) is 32.1 Å². The lowest BCUT2D eigenvalue weighted by atomic mass is 9.89. The van der Waals surface area contributed by atoms with Crippen LogP contribution in [0.4, 0.5) is 0 Å². The van der Waals surface area contributed by atoms with Crippen LogP contribution >= 0.6 is 0 Å². The SMILES string of the molecule is CCN1CCCC(CC(C)C)C1=O. The van der Waals surface area contributed by atoms with E-state index in [4.69, 9.17) is 0 Å². The van der Waals surface area contributed by atoms with Crippen LogP contribution in [0.3, 0.4) is 0 Å². The van der Waals surface area contributed by atoms with Crippen molar-refractivity contribution < 1.29 is 4.79 Å². The second-order valence-electron chi connectivity index (χ2n) is 4.39. The predicted octanol–water partition coefficient (Wildman–Crippen LogP) is 2.29. The molecule has 1 aliphatic heterocycles. The number of likely N-dealkylation sites (tertiary alicyclic amines) is 1. The molecule has 0 N–H and O–H groups in total. The molecule has 1 aliphatic rings. The van der Waals surface area contributed by atoms with E-state index in [1.54, 1.807) is 0 Å². The van der Waals surface area contributed by atoms with Gasteiger partial charge in [0, 0.05) is 19.0 Å². The van der Waals surface area contributed by atoms with E-state index in [1.807, 2.05) is 4.90 Å². The number of rotatable bonds is 3. The van der Waals surface area contributed by atoms with Crippen molar-refractivity contribution in [3.8, 4) is 0 Å². The van der Waals surface area contributed by atoms with Crippen LogP contribution in [-0.2, 0) is 4.79 Å². The molecule has 1 amide bonds. The first-order valence-corrected chi connectivity index (χ1v) is 5.44. The summed E-state index contributed by atoms with van der Waals surface area (Å²) in [5, 5.41) is 0. The van der Waals surface area contributed by atoms with Crippen molar-refractivity contribution in [3.63, 3.8) is 0 Å². The summed E-state index contributed by atoms with van der Waals surface area (Å²) >= 11 is 0. The van der Waals surface area contributed by atoms with Gasteiger partial charge >= 0.3 is 0 Å². The summed E-state index contributed by atoms with van der Waals surface area (Å²) in [4.78, 5) is 13.8. The number of hydrogen-bond donors (Lipinski definition) is 0. The third-order valence-electron chi connectivity index (χ3n) is 2.78. The molecule has 1 saturated heterocycles. The maximum absolute atomic E-state index is 11.8. The van der Waals surface area contributed by atoms with Gasteiger partial charge in [0.05, 0.1) is 0 Å². The van der Waals surface area contributed by atoms with Crippen LogP contribution in [0.15, 0.2) is 0 Å². The van der Waals surface area contributed by atoms with Gasteiger partial charge in [0.2, 0.25) is 5.91 Å². The van der Waals surface area contributed by atoms with Crippen LogP contribution < -0.4 is 0 Å². The minimum atomic E-state index is 0.314. The summed E-state index contributed by atoms with van der Waals surface area (Å²) < 4.78 is 0. The number of carbonyl (C=O) groups excluding carboxylic acids is 1. The predicted molar refractivity (Wildman–Crippen MR) is 54.4 cm³/mol. The van der Waals surface area contributed by atoms with Crippen molar-refractivity contribution in [3.05, 3.63) is 0 Å². The molecule has 0 spiro atoms. The summed E-state index contributed by atoms with van der Waals surface area (Å²) in [6, 6.07) is 0. The molecule has 1 atom stereocenters. The molecule has 1 fully saturated rings. The molecule has 1 heterocycles. The first kappa shape index (κ1) is 10.6. The van der Waals surface area contributed by atoms with Crippen LogP contribution in [0.2, 0.25) is 0 Å². The maximum Gasteiger partial charge on any atom is 0.225 e. The highest BCUT2D eigenvalue weighted by Crippen LogP contribution is 2.23. The second-order valence-corrected chi connectivity index (χ2v) is 4.39.